The molecule has 0 bridgehead atoms. The predicted octanol–water partition coefficient (Wildman–Crippen LogP) is 6.01. The van der Waals surface area contributed by atoms with Crippen molar-refractivity contribution in [2.75, 3.05) is 6.54 Å². The fraction of sp³-hybridized carbons (Fsp3) is 0.333. The number of halogens is 5. The van der Waals surface area contributed by atoms with Crippen LogP contribution in [0.4, 0.5) is 8.78 Å². The number of carbonyl (C=O) groups is 4. The second-order valence-corrected chi connectivity index (χ2v) is 12.1. The SMILES string of the molecule is CC(C)C(NC(=O)C(Cc1ccc(Cl)cc1)NC(=O)CCc1ccc(Cl)c(Cl)c1)C(=O)C(F)(F)C(=O)NCCc1ccccc1. The van der Waals surface area contributed by atoms with E-state index in [-0.39, 0.29) is 25.8 Å². The molecule has 3 N–H and O–H groups in total. The van der Waals surface area contributed by atoms with Crippen LogP contribution < -0.4 is 16.0 Å². The number of ketones is 1. The van der Waals surface area contributed by atoms with Gasteiger partial charge in [0.1, 0.15) is 6.04 Å². The molecule has 45 heavy (non-hydrogen) atoms. The van der Waals surface area contributed by atoms with Gasteiger partial charge < -0.3 is 16.0 Å². The molecule has 0 saturated carbocycles. The van der Waals surface area contributed by atoms with E-state index in [4.69, 9.17) is 34.8 Å². The van der Waals surface area contributed by atoms with Crippen LogP contribution in [0, 0.1) is 5.92 Å². The number of rotatable bonds is 15. The quantitative estimate of drug-likeness (QED) is 0.171. The van der Waals surface area contributed by atoms with Crippen molar-refractivity contribution in [3.63, 3.8) is 0 Å². The van der Waals surface area contributed by atoms with Gasteiger partial charge in [-0.3, -0.25) is 19.2 Å². The normalized spacial score (nSPS) is 12.7. The number of nitrogens with one attached hydrogen (secondary N) is 3. The van der Waals surface area contributed by atoms with Crippen molar-refractivity contribution >= 4 is 58.3 Å². The van der Waals surface area contributed by atoms with Gasteiger partial charge in [-0.05, 0) is 59.7 Å². The maximum atomic E-state index is 15.1. The minimum atomic E-state index is -4.41. The van der Waals surface area contributed by atoms with E-state index in [1.54, 1.807) is 72.8 Å². The van der Waals surface area contributed by atoms with Gasteiger partial charge in [0.25, 0.3) is 5.91 Å². The van der Waals surface area contributed by atoms with Crippen molar-refractivity contribution in [2.45, 2.75) is 57.5 Å². The van der Waals surface area contributed by atoms with Gasteiger partial charge in [-0.15, -0.1) is 0 Å². The largest absolute Gasteiger partial charge is 0.383 e. The first-order chi connectivity index (χ1) is 21.3. The number of alkyl halides is 2. The van der Waals surface area contributed by atoms with E-state index in [1.807, 2.05) is 0 Å². The smallest absolute Gasteiger partial charge is 0.350 e. The second-order valence-electron chi connectivity index (χ2n) is 10.9. The molecule has 0 fully saturated rings. The Morgan fingerprint density at radius 2 is 1.42 bits per heavy atom. The Kier molecular flexibility index (Phi) is 13.3. The highest BCUT2D eigenvalue weighted by Gasteiger charge is 2.51. The molecule has 0 saturated heterocycles. The molecule has 7 nitrogen and oxygen atoms in total. The molecule has 2 atom stereocenters. The lowest BCUT2D eigenvalue weighted by molar-refractivity contribution is -0.161. The summed E-state index contributed by atoms with van der Waals surface area (Å²) in [6.45, 7) is 2.83. The Morgan fingerprint density at radius 3 is 2.04 bits per heavy atom. The molecule has 0 aliphatic heterocycles. The van der Waals surface area contributed by atoms with E-state index < -0.39 is 47.4 Å². The van der Waals surface area contributed by atoms with Gasteiger partial charge in [-0.2, -0.15) is 8.78 Å². The molecule has 2 unspecified atom stereocenters. The molecule has 240 valence electrons. The summed E-state index contributed by atoms with van der Waals surface area (Å²) in [6, 6.07) is 17.5. The Hall–Kier alpha value is -3.53. The molecule has 0 heterocycles. The molecule has 3 aromatic rings. The fourth-order valence-electron chi connectivity index (χ4n) is 4.46. The summed E-state index contributed by atoms with van der Waals surface area (Å²) in [5, 5.41) is 8.28. The fourth-order valence-corrected chi connectivity index (χ4v) is 4.90. The summed E-state index contributed by atoms with van der Waals surface area (Å²) in [5.74, 6) is -10.1. The molecule has 3 amide bonds. The molecular formula is C33H34Cl3F2N3O4. The van der Waals surface area contributed by atoms with Crippen LogP contribution in [0.2, 0.25) is 15.1 Å². The number of hydrogen-bond donors (Lipinski definition) is 3. The number of aryl methyl sites for hydroxylation is 1. The average Bonchev–Trinajstić information content (AvgIpc) is 3.01. The van der Waals surface area contributed by atoms with Crippen LogP contribution in [0.1, 0.15) is 37.0 Å². The van der Waals surface area contributed by atoms with Gasteiger partial charge in [-0.1, -0.05) is 97.2 Å². The lowest BCUT2D eigenvalue weighted by Gasteiger charge is -2.27. The first kappa shape index (κ1) is 35.9. The summed E-state index contributed by atoms with van der Waals surface area (Å²) < 4.78 is 30.2. The van der Waals surface area contributed by atoms with Crippen LogP contribution >= 0.6 is 34.8 Å². The number of hydrogen-bond acceptors (Lipinski definition) is 4. The van der Waals surface area contributed by atoms with Crippen molar-refractivity contribution in [1.29, 1.82) is 0 Å². The van der Waals surface area contributed by atoms with E-state index in [9.17, 15) is 19.2 Å². The minimum Gasteiger partial charge on any atom is -0.350 e. The van der Waals surface area contributed by atoms with Crippen LogP contribution in [-0.4, -0.2) is 48.1 Å². The van der Waals surface area contributed by atoms with E-state index in [0.29, 0.717) is 27.1 Å². The van der Waals surface area contributed by atoms with E-state index in [1.165, 1.54) is 13.8 Å². The summed E-state index contributed by atoms with van der Waals surface area (Å²) in [7, 11) is 0. The Bertz CT molecular complexity index is 1490. The van der Waals surface area contributed by atoms with E-state index in [0.717, 1.165) is 11.1 Å². The third-order valence-electron chi connectivity index (χ3n) is 7.01. The number of carbonyl (C=O) groups excluding carboxylic acids is 4. The zero-order valence-electron chi connectivity index (χ0n) is 24.7. The molecular weight excluding hydrogens is 647 g/mol. The Morgan fingerprint density at radius 1 is 0.778 bits per heavy atom. The van der Waals surface area contributed by atoms with E-state index in [2.05, 4.69) is 16.0 Å². The highest BCUT2D eigenvalue weighted by atomic mass is 35.5. The predicted molar refractivity (Wildman–Crippen MR) is 172 cm³/mol. The van der Waals surface area contributed by atoms with Crippen LogP contribution in [-0.2, 0) is 38.4 Å². The van der Waals surface area contributed by atoms with E-state index >= 15 is 8.78 Å². The molecule has 0 aliphatic rings. The molecule has 3 aromatic carbocycles. The molecule has 0 aromatic heterocycles. The highest BCUT2D eigenvalue weighted by Crippen LogP contribution is 2.24. The molecule has 12 heteroatoms. The number of Topliss-reactive ketones (excluding diaryl/α,β-unsaturated/α-hetero) is 1. The van der Waals surface area contributed by atoms with Crippen LogP contribution in [0.5, 0.6) is 0 Å². The lowest BCUT2D eigenvalue weighted by Crippen LogP contribution is -2.59. The zero-order chi connectivity index (χ0) is 33.1. The molecule has 0 radical (unpaired) electrons. The van der Waals surface area contributed by atoms with Crippen molar-refractivity contribution in [3.8, 4) is 0 Å². The number of benzene rings is 3. The molecule has 0 aliphatic carbocycles. The van der Waals surface area contributed by atoms with Crippen LogP contribution in [0.25, 0.3) is 0 Å². The standard InChI is InChI=1S/C33H34Cl3F2N3O4/c1-20(2)29(30(43)33(37,38)32(45)39-17-16-21-6-4-3-5-7-21)41-31(44)27(19-23-8-12-24(34)13-9-23)40-28(42)15-11-22-10-14-25(35)26(36)18-22/h3-10,12-14,18,20,27,29H,11,15-17,19H2,1-2H3,(H,39,45)(H,40,42)(H,41,44). The second kappa shape index (κ2) is 16.7. The van der Waals surface area contributed by atoms with Crippen molar-refractivity contribution in [2.24, 2.45) is 5.92 Å². The maximum Gasteiger partial charge on any atom is 0.383 e. The van der Waals surface area contributed by atoms with Crippen molar-refractivity contribution in [1.82, 2.24) is 16.0 Å². The van der Waals surface area contributed by atoms with Gasteiger partial charge in [0, 0.05) is 24.4 Å². The Balaban J connectivity index is 1.71. The minimum absolute atomic E-state index is 0.0170. The first-order valence-electron chi connectivity index (χ1n) is 14.3. The average molecular weight is 681 g/mol. The first-order valence-corrected chi connectivity index (χ1v) is 15.4. The Labute approximate surface area is 276 Å². The summed E-state index contributed by atoms with van der Waals surface area (Å²) in [4.78, 5) is 51.8. The van der Waals surface area contributed by atoms with Gasteiger partial charge in [0.05, 0.1) is 16.1 Å². The summed E-state index contributed by atoms with van der Waals surface area (Å²) in [6.07, 6.45) is 0.544. The van der Waals surface area contributed by atoms with Crippen molar-refractivity contribution < 1.29 is 28.0 Å². The monoisotopic (exact) mass is 679 g/mol. The third kappa shape index (κ3) is 10.8. The highest BCUT2D eigenvalue weighted by molar-refractivity contribution is 6.42. The number of amides is 3. The zero-order valence-corrected chi connectivity index (χ0v) is 27.0. The molecule has 3 rings (SSSR count). The third-order valence-corrected chi connectivity index (χ3v) is 8.00. The molecule has 0 spiro atoms. The van der Waals surface area contributed by atoms with Gasteiger partial charge in [0.15, 0.2) is 0 Å². The van der Waals surface area contributed by atoms with Crippen LogP contribution in [0.15, 0.2) is 72.8 Å². The lowest BCUT2D eigenvalue weighted by atomic mass is 9.94. The summed E-state index contributed by atoms with van der Waals surface area (Å²) in [5.41, 5.74) is 2.19. The summed E-state index contributed by atoms with van der Waals surface area (Å²) >= 11 is 18.0. The van der Waals surface area contributed by atoms with Gasteiger partial charge in [-0.25, -0.2) is 0 Å². The van der Waals surface area contributed by atoms with Crippen LogP contribution in [0.3, 0.4) is 0 Å². The maximum absolute atomic E-state index is 15.1. The topological polar surface area (TPSA) is 104 Å². The van der Waals surface area contributed by atoms with Gasteiger partial charge >= 0.3 is 5.92 Å². The van der Waals surface area contributed by atoms with Crippen molar-refractivity contribution in [3.05, 3.63) is 105 Å². The van der Waals surface area contributed by atoms with Gasteiger partial charge in [0.2, 0.25) is 17.6 Å².